The highest BCUT2D eigenvalue weighted by Crippen LogP contribution is 2.22. The molecule has 17 heavy (non-hydrogen) atoms. The second kappa shape index (κ2) is 9.09. The van der Waals surface area contributed by atoms with Crippen molar-refractivity contribution in [2.45, 2.75) is 19.4 Å². The van der Waals surface area contributed by atoms with E-state index in [1.54, 1.807) is 0 Å². The van der Waals surface area contributed by atoms with Crippen molar-refractivity contribution in [3.8, 4) is 0 Å². The van der Waals surface area contributed by atoms with Gasteiger partial charge < -0.3 is 9.47 Å². The molecule has 0 amide bonds. The van der Waals surface area contributed by atoms with Crippen LogP contribution in [0.15, 0.2) is 28.7 Å². The van der Waals surface area contributed by atoms with Gasteiger partial charge in [-0.15, -0.1) is 0 Å². The molecule has 0 saturated carbocycles. The summed E-state index contributed by atoms with van der Waals surface area (Å²) in [6.07, 6.45) is 1.13. The Labute approximate surface area is 120 Å². The lowest BCUT2D eigenvalue weighted by Crippen LogP contribution is -2.11. The van der Waals surface area contributed by atoms with Gasteiger partial charge in [-0.3, -0.25) is 0 Å². The zero-order chi connectivity index (χ0) is 12.5. The van der Waals surface area contributed by atoms with E-state index in [4.69, 9.17) is 9.47 Å². The van der Waals surface area contributed by atoms with Crippen LogP contribution in [0.25, 0.3) is 0 Å². The molecule has 2 nitrogen and oxygen atoms in total. The third-order valence-corrected chi connectivity index (χ3v) is 3.34. The van der Waals surface area contributed by atoms with Crippen molar-refractivity contribution in [3.05, 3.63) is 34.3 Å². The van der Waals surface area contributed by atoms with E-state index in [1.165, 1.54) is 5.56 Å². The van der Waals surface area contributed by atoms with Crippen LogP contribution in [-0.4, -0.2) is 25.2 Å². The Morgan fingerprint density at radius 1 is 1.24 bits per heavy atom. The fourth-order valence-electron chi connectivity index (χ4n) is 1.43. The average molecular weight is 366 g/mol. The monoisotopic (exact) mass is 364 g/mol. The van der Waals surface area contributed by atoms with Crippen LogP contribution in [0.1, 0.15) is 25.0 Å². The molecule has 0 radical (unpaired) electrons. The van der Waals surface area contributed by atoms with Gasteiger partial charge in [0.2, 0.25) is 0 Å². The molecule has 0 heterocycles. The molecule has 0 saturated heterocycles. The molecular formula is C13H18Br2O2. The lowest BCUT2D eigenvalue weighted by Gasteiger charge is -2.16. The molecule has 0 N–H and O–H groups in total. The van der Waals surface area contributed by atoms with E-state index in [0.717, 1.165) is 22.8 Å². The second-order valence-electron chi connectivity index (χ2n) is 3.68. The molecule has 0 fully saturated rings. The second-order valence-corrected chi connectivity index (χ2v) is 5.24. The fraction of sp³-hybridized carbons (Fsp3) is 0.538. The minimum absolute atomic E-state index is 0.0812. The molecule has 1 aromatic rings. The summed E-state index contributed by atoms with van der Waals surface area (Å²) in [4.78, 5) is 0. The van der Waals surface area contributed by atoms with E-state index in [2.05, 4.69) is 50.9 Å². The Morgan fingerprint density at radius 2 is 2.06 bits per heavy atom. The van der Waals surface area contributed by atoms with Gasteiger partial charge in [-0.2, -0.15) is 0 Å². The molecule has 0 aliphatic rings. The van der Waals surface area contributed by atoms with Crippen LogP contribution in [0, 0.1) is 0 Å². The summed E-state index contributed by atoms with van der Waals surface area (Å²) in [7, 11) is 0. The van der Waals surface area contributed by atoms with Gasteiger partial charge in [0.1, 0.15) is 0 Å². The zero-order valence-electron chi connectivity index (χ0n) is 9.99. The number of benzene rings is 1. The molecule has 0 aromatic heterocycles. The summed E-state index contributed by atoms with van der Waals surface area (Å²) >= 11 is 6.95. The average Bonchev–Trinajstić information content (AvgIpc) is 2.34. The number of rotatable bonds is 8. The Hall–Kier alpha value is 0.1000. The van der Waals surface area contributed by atoms with Crippen LogP contribution < -0.4 is 0 Å². The Kier molecular flexibility index (Phi) is 8.10. The van der Waals surface area contributed by atoms with Gasteiger partial charge in [0.15, 0.2) is 0 Å². The summed E-state index contributed by atoms with van der Waals surface area (Å²) < 4.78 is 12.2. The number of hydrogen-bond acceptors (Lipinski definition) is 2. The van der Waals surface area contributed by atoms with Gasteiger partial charge in [-0.05, 0) is 24.1 Å². The van der Waals surface area contributed by atoms with Gasteiger partial charge in [-0.1, -0.05) is 50.9 Å². The van der Waals surface area contributed by atoms with Crippen molar-refractivity contribution >= 4 is 31.9 Å². The van der Waals surface area contributed by atoms with Gasteiger partial charge in [-0.25, -0.2) is 0 Å². The summed E-state index contributed by atoms with van der Waals surface area (Å²) in [5.41, 5.74) is 1.17. The van der Waals surface area contributed by atoms with Gasteiger partial charge in [0, 0.05) is 16.4 Å². The van der Waals surface area contributed by atoms with E-state index >= 15 is 0 Å². The smallest absolute Gasteiger partial charge is 0.0923 e. The molecule has 96 valence electrons. The molecule has 0 bridgehead atoms. The topological polar surface area (TPSA) is 18.5 Å². The molecule has 1 atom stereocenters. The summed E-state index contributed by atoms with van der Waals surface area (Å²) in [6, 6.07) is 8.19. The molecule has 0 aliphatic heterocycles. The summed E-state index contributed by atoms with van der Waals surface area (Å²) in [5.74, 6) is 0. The highest BCUT2D eigenvalue weighted by atomic mass is 79.9. The maximum atomic E-state index is 5.79. The lowest BCUT2D eigenvalue weighted by molar-refractivity contribution is 0.0141. The van der Waals surface area contributed by atoms with Crippen molar-refractivity contribution in [2.24, 2.45) is 0 Å². The van der Waals surface area contributed by atoms with Crippen LogP contribution >= 0.6 is 31.9 Å². The van der Waals surface area contributed by atoms with E-state index in [1.807, 2.05) is 12.1 Å². The first kappa shape index (κ1) is 15.2. The third kappa shape index (κ3) is 6.00. The third-order valence-electron chi connectivity index (χ3n) is 2.26. The molecule has 1 unspecified atom stereocenters. The number of ether oxygens (including phenoxy) is 2. The predicted molar refractivity (Wildman–Crippen MR) is 77.7 cm³/mol. The Balaban J connectivity index is 2.38. The first-order chi connectivity index (χ1) is 8.27. The van der Waals surface area contributed by atoms with E-state index in [-0.39, 0.29) is 6.10 Å². The number of halogens is 2. The van der Waals surface area contributed by atoms with Crippen molar-refractivity contribution in [2.75, 3.05) is 25.2 Å². The number of hydrogen-bond donors (Lipinski definition) is 0. The van der Waals surface area contributed by atoms with Crippen LogP contribution in [0.5, 0.6) is 0 Å². The normalized spacial score (nSPS) is 12.6. The van der Waals surface area contributed by atoms with Crippen molar-refractivity contribution < 1.29 is 9.47 Å². The first-order valence-electron chi connectivity index (χ1n) is 5.78. The van der Waals surface area contributed by atoms with Crippen molar-refractivity contribution in [1.82, 2.24) is 0 Å². The van der Waals surface area contributed by atoms with Crippen molar-refractivity contribution in [3.63, 3.8) is 0 Å². The molecule has 1 rings (SSSR count). The minimum atomic E-state index is 0.0812. The predicted octanol–water partition coefficient (Wildman–Crippen LogP) is 4.33. The fourth-order valence-corrected chi connectivity index (χ4v) is 2.41. The standard InChI is InChI=1S/C13H18Br2O2/c1-2-6-16-7-8-17-13(10-14)11-4-3-5-12(15)9-11/h3-5,9,13H,2,6-8,10H2,1H3. The van der Waals surface area contributed by atoms with Gasteiger partial charge in [0.25, 0.3) is 0 Å². The van der Waals surface area contributed by atoms with Crippen molar-refractivity contribution in [1.29, 1.82) is 0 Å². The summed E-state index contributed by atoms with van der Waals surface area (Å²) in [6.45, 7) is 4.19. The van der Waals surface area contributed by atoms with Crippen LogP contribution in [0.2, 0.25) is 0 Å². The highest BCUT2D eigenvalue weighted by Gasteiger charge is 2.10. The molecular weight excluding hydrogens is 348 g/mol. The summed E-state index contributed by atoms with van der Waals surface area (Å²) in [5, 5.41) is 0.789. The van der Waals surface area contributed by atoms with E-state index < -0.39 is 0 Å². The van der Waals surface area contributed by atoms with Crippen LogP contribution in [0.3, 0.4) is 0 Å². The van der Waals surface area contributed by atoms with E-state index in [9.17, 15) is 0 Å². The molecule has 0 aliphatic carbocycles. The van der Waals surface area contributed by atoms with Crippen LogP contribution in [-0.2, 0) is 9.47 Å². The number of alkyl halides is 1. The SMILES string of the molecule is CCCOCCOC(CBr)c1cccc(Br)c1. The molecule has 1 aromatic carbocycles. The van der Waals surface area contributed by atoms with Gasteiger partial charge >= 0.3 is 0 Å². The lowest BCUT2D eigenvalue weighted by atomic mass is 10.1. The quantitative estimate of drug-likeness (QED) is 0.504. The van der Waals surface area contributed by atoms with E-state index in [0.29, 0.717) is 13.2 Å². The maximum Gasteiger partial charge on any atom is 0.0923 e. The Morgan fingerprint density at radius 3 is 2.71 bits per heavy atom. The zero-order valence-corrected chi connectivity index (χ0v) is 13.2. The maximum absolute atomic E-state index is 5.79. The minimum Gasteiger partial charge on any atom is -0.379 e. The first-order valence-corrected chi connectivity index (χ1v) is 7.70. The Bertz CT molecular complexity index is 318. The van der Waals surface area contributed by atoms with Gasteiger partial charge in [0.05, 0.1) is 19.3 Å². The molecule has 0 spiro atoms. The largest absolute Gasteiger partial charge is 0.379 e. The molecule has 4 heteroatoms. The van der Waals surface area contributed by atoms with Crippen LogP contribution in [0.4, 0.5) is 0 Å². The highest BCUT2D eigenvalue weighted by molar-refractivity contribution is 9.10.